The number of benzene rings is 2. The zero-order chi connectivity index (χ0) is 18.4. The summed E-state index contributed by atoms with van der Waals surface area (Å²) in [6.45, 7) is 2.47. The van der Waals surface area contributed by atoms with Gasteiger partial charge in [-0.25, -0.2) is 8.78 Å². The molecule has 26 heavy (non-hydrogen) atoms. The fourth-order valence-electron chi connectivity index (χ4n) is 3.90. The lowest BCUT2D eigenvalue weighted by Gasteiger charge is -2.25. The summed E-state index contributed by atoms with van der Waals surface area (Å²) in [6, 6.07) is 8.87. The minimum atomic E-state index is -0.770. The van der Waals surface area contributed by atoms with Crippen LogP contribution in [-0.4, -0.2) is 39.2 Å². The lowest BCUT2D eigenvalue weighted by atomic mass is 10.1. The number of likely N-dealkylation sites (tertiary alicyclic amines) is 1. The number of halogens is 2. The van der Waals surface area contributed by atoms with Crippen molar-refractivity contribution in [3.8, 4) is 0 Å². The Balaban J connectivity index is 1.72. The number of carbonyl (C=O) groups excluding carboxylic acids is 1. The highest BCUT2D eigenvalue weighted by Gasteiger charge is 2.29. The van der Waals surface area contributed by atoms with E-state index in [1.54, 1.807) is 17.0 Å². The molecule has 0 spiro atoms. The Morgan fingerprint density at radius 3 is 2.15 bits per heavy atom. The van der Waals surface area contributed by atoms with Gasteiger partial charge >= 0.3 is 0 Å². The van der Waals surface area contributed by atoms with Crippen molar-refractivity contribution in [3.63, 3.8) is 0 Å². The first-order valence-corrected chi connectivity index (χ1v) is 8.78. The number of fused-ring (bicyclic) bond motifs is 3. The monoisotopic (exact) mass is 358 g/mol. The first-order chi connectivity index (χ1) is 12.4. The standard InChI is InChI=1S/C20H20F2N2O2/c1-12-2-7-20(26)23(12)10-15(25)11-24-18-5-3-13(21)8-16(18)17-9-14(22)4-6-19(17)24/h3-6,8-9,12,15,25H,2,7,10-11H2,1H3/t12-,15-/m0/s1. The van der Waals surface area contributed by atoms with Crippen LogP contribution in [0, 0.1) is 11.6 Å². The van der Waals surface area contributed by atoms with Gasteiger partial charge in [0.15, 0.2) is 0 Å². The first kappa shape index (κ1) is 17.0. The molecule has 1 N–H and O–H groups in total. The second kappa shape index (κ2) is 6.36. The van der Waals surface area contributed by atoms with Crippen molar-refractivity contribution in [3.05, 3.63) is 48.0 Å². The minimum absolute atomic E-state index is 0.0583. The number of hydrogen-bond donors (Lipinski definition) is 1. The highest BCUT2D eigenvalue weighted by molar-refractivity contribution is 6.08. The van der Waals surface area contributed by atoms with Crippen molar-refractivity contribution < 1.29 is 18.7 Å². The average molecular weight is 358 g/mol. The summed E-state index contributed by atoms with van der Waals surface area (Å²) in [5, 5.41) is 11.8. The summed E-state index contributed by atoms with van der Waals surface area (Å²) in [6.07, 6.45) is 0.551. The Bertz CT molecular complexity index is 939. The van der Waals surface area contributed by atoms with Crippen molar-refractivity contribution in [2.45, 2.75) is 38.5 Å². The van der Waals surface area contributed by atoms with Crippen molar-refractivity contribution in [2.75, 3.05) is 6.54 Å². The Kier molecular flexibility index (Phi) is 4.15. The third kappa shape index (κ3) is 2.84. The normalized spacial score (nSPS) is 19.0. The van der Waals surface area contributed by atoms with Gasteiger partial charge in [-0.05, 0) is 49.7 Å². The number of rotatable bonds is 4. The molecule has 1 saturated heterocycles. The van der Waals surface area contributed by atoms with E-state index in [9.17, 15) is 18.7 Å². The Morgan fingerprint density at radius 2 is 1.65 bits per heavy atom. The number of nitrogens with zero attached hydrogens (tertiary/aromatic N) is 2. The van der Waals surface area contributed by atoms with Gasteiger partial charge in [-0.1, -0.05) is 0 Å². The molecule has 2 aromatic carbocycles. The summed E-state index contributed by atoms with van der Waals surface area (Å²) in [4.78, 5) is 13.7. The molecule has 0 aliphatic carbocycles. The van der Waals surface area contributed by atoms with E-state index in [4.69, 9.17) is 0 Å². The minimum Gasteiger partial charge on any atom is -0.389 e. The van der Waals surface area contributed by atoms with Crippen LogP contribution in [0.25, 0.3) is 21.8 Å². The molecular formula is C20H20F2N2O2. The Morgan fingerprint density at radius 1 is 1.08 bits per heavy atom. The molecule has 0 saturated carbocycles. The number of β-amino-alcohol motifs (C(OH)–C–C–N with tert-alkyl or cyclic N) is 1. The third-order valence-corrected chi connectivity index (χ3v) is 5.22. The predicted molar refractivity (Wildman–Crippen MR) is 95.8 cm³/mol. The molecule has 4 nitrogen and oxygen atoms in total. The molecule has 2 heterocycles. The third-order valence-electron chi connectivity index (χ3n) is 5.22. The molecule has 6 heteroatoms. The van der Waals surface area contributed by atoms with Crippen molar-refractivity contribution in [1.82, 2.24) is 9.47 Å². The van der Waals surface area contributed by atoms with E-state index in [1.807, 2.05) is 11.5 Å². The zero-order valence-electron chi connectivity index (χ0n) is 14.5. The predicted octanol–water partition coefficient (Wildman–Crippen LogP) is 3.44. The van der Waals surface area contributed by atoms with Gasteiger partial charge in [0.25, 0.3) is 0 Å². The molecule has 1 fully saturated rings. The van der Waals surface area contributed by atoms with Gasteiger partial charge in [-0.3, -0.25) is 4.79 Å². The molecule has 0 radical (unpaired) electrons. The molecule has 0 bridgehead atoms. The van der Waals surface area contributed by atoms with Crippen molar-refractivity contribution >= 4 is 27.7 Å². The summed E-state index contributed by atoms with van der Waals surface area (Å²) in [5.41, 5.74) is 1.46. The number of aliphatic hydroxyl groups is 1. The number of amides is 1. The van der Waals surface area contributed by atoms with Gasteiger partial charge in [-0.15, -0.1) is 0 Å². The lowest BCUT2D eigenvalue weighted by Crippen LogP contribution is -2.39. The summed E-state index contributed by atoms with van der Waals surface area (Å²) in [7, 11) is 0. The van der Waals surface area contributed by atoms with E-state index >= 15 is 0 Å². The second-order valence-corrected chi connectivity index (χ2v) is 7.02. The molecular weight excluding hydrogens is 338 g/mol. The van der Waals surface area contributed by atoms with Crippen LogP contribution in [0.1, 0.15) is 19.8 Å². The second-order valence-electron chi connectivity index (χ2n) is 7.02. The van der Waals surface area contributed by atoms with Crippen LogP contribution in [0.15, 0.2) is 36.4 Å². The molecule has 1 aromatic heterocycles. The summed E-state index contributed by atoms with van der Waals surface area (Å²) >= 11 is 0. The highest BCUT2D eigenvalue weighted by atomic mass is 19.1. The molecule has 4 rings (SSSR count). The number of aromatic nitrogens is 1. The van der Waals surface area contributed by atoms with Gasteiger partial charge in [0.1, 0.15) is 11.6 Å². The zero-order valence-corrected chi connectivity index (χ0v) is 14.5. The Hall–Kier alpha value is -2.47. The molecule has 0 unspecified atom stereocenters. The maximum Gasteiger partial charge on any atom is 0.222 e. The molecule has 136 valence electrons. The van der Waals surface area contributed by atoms with Crippen molar-refractivity contribution in [2.24, 2.45) is 0 Å². The van der Waals surface area contributed by atoms with E-state index in [-0.39, 0.29) is 25.0 Å². The van der Waals surface area contributed by atoms with E-state index in [0.717, 1.165) is 17.5 Å². The molecule has 1 amide bonds. The van der Waals surface area contributed by atoms with Crippen LogP contribution < -0.4 is 0 Å². The number of carbonyl (C=O) groups is 1. The van der Waals surface area contributed by atoms with E-state index in [1.165, 1.54) is 24.3 Å². The van der Waals surface area contributed by atoms with E-state index in [2.05, 4.69) is 0 Å². The van der Waals surface area contributed by atoms with Gasteiger partial charge in [0.05, 0.1) is 12.6 Å². The summed E-state index contributed by atoms with van der Waals surface area (Å²) in [5.74, 6) is -0.724. The smallest absolute Gasteiger partial charge is 0.222 e. The van der Waals surface area contributed by atoms with E-state index in [0.29, 0.717) is 17.2 Å². The maximum atomic E-state index is 13.7. The van der Waals surface area contributed by atoms with E-state index < -0.39 is 17.7 Å². The average Bonchev–Trinajstić information content (AvgIpc) is 3.07. The first-order valence-electron chi connectivity index (χ1n) is 8.78. The van der Waals surface area contributed by atoms with Crippen LogP contribution in [0.2, 0.25) is 0 Å². The van der Waals surface area contributed by atoms with Crippen LogP contribution >= 0.6 is 0 Å². The van der Waals surface area contributed by atoms with Crippen LogP contribution in [0.3, 0.4) is 0 Å². The van der Waals surface area contributed by atoms with Gasteiger partial charge in [0, 0.05) is 40.8 Å². The molecule has 1 aliphatic rings. The highest BCUT2D eigenvalue weighted by Crippen LogP contribution is 2.30. The Labute approximate surface area is 149 Å². The largest absolute Gasteiger partial charge is 0.389 e. The topological polar surface area (TPSA) is 45.5 Å². The van der Waals surface area contributed by atoms with Crippen LogP contribution in [0.5, 0.6) is 0 Å². The van der Waals surface area contributed by atoms with Gasteiger partial charge in [0.2, 0.25) is 5.91 Å². The lowest BCUT2D eigenvalue weighted by molar-refractivity contribution is -0.130. The summed E-state index contributed by atoms with van der Waals surface area (Å²) < 4.78 is 29.3. The number of aliphatic hydroxyl groups excluding tert-OH is 1. The van der Waals surface area contributed by atoms with Crippen LogP contribution in [0.4, 0.5) is 8.78 Å². The molecule has 2 atom stereocenters. The maximum absolute atomic E-state index is 13.7. The van der Waals surface area contributed by atoms with Crippen LogP contribution in [-0.2, 0) is 11.3 Å². The SMILES string of the molecule is C[C@H]1CCC(=O)N1C[C@H](O)Cn1c2ccc(F)cc2c2cc(F)ccc21. The molecule has 3 aromatic rings. The van der Waals surface area contributed by atoms with Crippen molar-refractivity contribution in [1.29, 1.82) is 0 Å². The quantitative estimate of drug-likeness (QED) is 0.777. The fourth-order valence-corrected chi connectivity index (χ4v) is 3.90. The molecule has 1 aliphatic heterocycles. The number of hydrogen-bond acceptors (Lipinski definition) is 2. The fraction of sp³-hybridized carbons (Fsp3) is 0.350. The van der Waals surface area contributed by atoms with Gasteiger partial charge < -0.3 is 14.6 Å². The van der Waals surface area contributed by atoms with Gasteiger partial charge in [-0.2, -0.15) is 0 Å².